The van der Waals surface area contributed by atoms with E-state index in [1.54, 1.807) is 0 Å². The van der Waals surface area contributed by atoms with E-state index in [4.69, 9.17) is 20.4 Å². The maximum absolute atomic E-state index is 9.08. The van der Waals surface area contributed by atoms with Crippen LogP contribution in [0.25, 0.3) is 0 Å². The lowest BCUT2D eigenvalue weighted by Gasteiger charge is -2.21. The monoisotopic (exact) mass is 190 g/mol. The van der Waals surface area contributed by atoms with Crippen molar-refractivity contribution in [2.24, 2.45) is 23.7 Å². The molecule has 13 heavy (non-hydrogen) atoms. The predicted molar refractivity (Wildman–Crippen MR) is 46.9 cm³/mol. The van der Waals surface area contributed by atoms with Crippen LogP contribution < -0.4 is 0 Å². The molecule has 0 aromatic rings. The third-order valence-electron chi connectivity index (χ3n) is 3.26. The van der Waals surface area contributed by atoms with Crippen molar-refractivity contribution in [1.29, 1.82) is 0 Å². The summed E-state index contributed by atoms with van der Waals surface area (Å²) in [5.74, 6) is -0.0714. The van der Waals surface area contributed by atoms with Crippen LogP contribution in [0.15, 0.2) is 0 Å². The molecule has 0 heterocycles. The van der Waals surface area contributed by atoms with Crippen molar-refractivity contribution < 1.29 is 20.4 Å². The highest BCUT2D eigenvalue weighted by Crippen LogP contribution is 2.40. The van der Waals surface area contributed by atoms with E-state index in [1.165, 1.54) is 0 Å². The van der Waals surface area contributed by atoms with Gasteiger partial charge in [0.25, 0.3) is 0 Å². The molecular weight excluding hydrogens is 172 g/mol. The van der Waals surface area contributed by atoms with E-state index in [0.29, 0.717) is 6.42 Å². The Kier molecular flexibility index (Phi) is 4.12. The van der Waals surface area contributed by atoms with Gasteiger partial charge in [-0.15, -0.1) is 0 Å². The zero-order chi connectivity index (χ0) is 9.84. The predicted octanol–water partition coefficient (Wildman–Crippen LogP) is -1.18. The molecule has 4 unspecified atom stereocenters. The summed E-state index contributed by atoms with van der Waals surface area (Å²) in [6.07, 6.45) is 0.698. The summed E-state index contributed by atoms with van der Waals surface area (Å²) in [7, 11) is 0. The van der Waals surface area contributed by atoms with Gasteiger partial charge < -0.3 is 20.4 Å². The maximum Gasteiger partial charge on any atom is 0.0466 e. The molecule has 4 heteroatoms. The first-order valence-electron chi connectivity index (χ1n) is 4.71. The second-order valence-electron chi connectivity index (χ2n) is 3.81. The van der Waals surface area contributed by atoms with Crippen LogP contribution >= 0.6 is 0 Å². The molecule has 4 nitrogen and oxygen atoms in total. The summed E-state index contributed by atoms with van der Waals surface area (Å²) in [5, 5.41) is 36.2. The molecule has 1 rings (SSSR count). The minimum absolute atomic E-state index is 0.0209. The van der Waals surface area contributed by atoms with Gasteiger partial charge in [-0.05, 0) is 30.1 Å². The summed E-state index contributed by atoms with van der Waals surface area (Å²) in [4.78, 5) is 0. The molecule has 0 bridgehead atoms. The van der Waals surface area contributed by atoms with Gasteiger partial charge in [0.05, 0.1) is 0 Å². The lowest BCUT2D eigenvalue weighted by Crippen LogP contribution is -2.26. The number of aliphatic hydroxyl groups is 4. The SMILES string of the molecule is OCC1CC(CO)C(CO)C1CO. The van der Waals surface area contributed by atoms with Gasteiger partial charge in [0, 0.05) is 26.4 Å². The lowest BCUT2D eigenvalue weighted by molar-refractivity contribution is 0.0739. The third kappa shape index (κ3) is 2.02. The Hall–Kier alpha value is -0.160. The quantitative estimate of drug-likeness (QED) is 0.450. The molecule has 1 aliphatic carbocycles. The van der Waals surface area contributed by atoms with E-state index < -0.39 is 0 Å². The number of hydrogen-bond acceptors (Lipinski definition) is 4. The summed E-state index contributed by atoms with van der Waals surface area (Å²) in [5.41, 5.74) is 0. The molecule has 0 aliphatic heterocycles. The van der Waals surface area contributed by atoms with Crippen molar-refractivity contribution in [3.63, 3.8) is 0 Å². The zero-order valence-corrected chi connectivity index (χ0v) is 7.63. The minimum atomic E-state index is -0.0628. The van der Waals surface area contributed by atoms with Gasteiger partial charge in [-0.3, -0.25) is 0 Å². The molecule has 0 spiro atoms. The van der Waals surface area contributed by atoms with Gasteiger partial charge in [-0.2, -0.15) is 0 Å². The van der Waals surface area contributed by atoms with Crippen LogP contribution in [0.1, 0.15) is 6.42 Å². The highest BCUT2D eigenvalue weighted by molar-refractivity contribution is 4.89. The van der Waals surface area contributed by atoms with Gasteiger partial charge in [0.1, 0.15) is 0 Å². The Morgan fingerprint density at radius 2 is 1.08 bits per heavy atom. The van der Waals surface area contributed by atoms with Crippen LogP contribution in [-0.4, -0.2) is 46.9 Å². The van der Waals surface area contributed by atoms with Gasteiger partial charge in [-0.1, -0.05) is 0 Å². The number of aliphatic hydroxyl groups excluding tert-OH is 4. The third-order valence-corrected chi connectivity index (χ3v) is 3.26. The topological polar surface area (TPSA) is 80.9 Å². The van der Waals surface area contributed by atoms with E-state index >= 15 is 0 Å². The Morgan fingerprint density at radius 3 is 1.31 bits per heavy atom. The van der Waals surface area contributed by atoms with Crippen molar-refractivity contribution in [3.8, 4) is 0 Å². The average Bonchev–Trinajstić information content (AvgIpc) is 2.54. The fraction of sp³-hybridized carbons (Fsp3) is 1.00. The lowest BCUT2D eigenvalue weighted by atomic mass is 9.88. The van der Waals surface area contributed by atoms with Gasteiger partial charge >= 0.3 is 0 Å². The van der Waals surface area contributed by atoms with Gasteiger partial charge in [0.15, 0.2) is 0 Å². The minimum Gasteiger partial charge on any atom is -0.396 e. The van der Waals surface area contributed by atoms with Crippen LogP contribution in [0.5, 0.6) is 0 Å². The van der Waals surface area contributed by atoms with Crippen molar-refractivity contribution in [1.82, 2.24) is 0 Å². The molecule has 4 atom stereocenters. The Labute approximate surface area is 77.8 Å². The summed E-state index contributed by atoms with van der Waals surface area (Å²) in [6, 6.07) is 0. The van der Waals surface area contributed by atoms with Crippen molar-refractivity contribution in [3.05, 3.63) is 0 Å². The summed E-state index contributed by atoms with van der Waals surface area (Å²) < 4.78 is 0. The summed E-state index contributed by atoms with van der Waals surface area (Å²) in [6.45, 7) is 0.0103. The largest absolute Gasteiger partial charge is 0.396 e. The molecule has 0 aromatic carbocycles. The molecule has 1 fully saturated rings. The molecule has 0 aromatic heterocycles. The highest BCUT2D eigenvalue weighted by atomic mass is 16.3. The second kappa shape index (κ2) is 4.91. The molecule has 78 valence electrons. The van der Waals surface area contributed by atoms with E-state index in [2.05, 4.69) is 0 Å². The Morgan fingerprint density at radius 1 is 0.692 bits per heavy atom. The van der Waals surface area contributed by atoms with Gasteiger partial charge in [-0.25, -0.2) is 0 Å². The normalized spacial score (nSPS) is 39.7. The second-order valence-corrected chi connectivity index (χ2v) is 3.81. The van der Waals surface area contributed by atoms with Crippen molar-refractivity contribution >= 4 is 0 Å². The van der Waals surface area contributed by atoms with E-state index in [9.17, 15) is 0 Å². The Balaban J connectivity index is 2.65. The first-order chi connectivity index (χ1) is 6.28. The fourth-order valence-electron chi connectivity index (χ4n) is 2.43. The van der Waals surface area contributed by atoms with Crippen LogP contribution in [0.2, 0.25) is 0 Å². The number of hydrogen-bond donors (Lipinski definition) is 4. The van der Waals surface area contributed by atoms with Crippen molar-refractivity contribution in [2.75, 3.05) is 26.4 Å². The van der Waals surface area contributed by atoms with Crippen LogP contribution in [-0.2, 0) is 0 Å². The molecular formula is C9H18O4. The molecule has 0 radical (unpaired) electrons. The number of rotatable bonds is 4. The van der Waals surface area contributed by atoms with Crippen molar-refractivity contribution in [2.45, 2.75) is 6.42 Å². The first-order valence-corrected chi connectivity index (χ1v) is 4.71. The van der Waals surface area contributed by atoms with E-state index in [1.807, 2.05) is 0 Å². The molecule has 1 saturated carbocycles. The molecule has 0 amide bonds. The smallest absolute Gasteiger partial charge is 0.0466 e. The maximum atomic E-state index is 9.08. The van der Waals surface area contributed by atoms with E-state index in [-0.39, 0.29) is 50.1 Å². The zero-order valence-electron chi connectivity index (χ0n) is 7.63. The average molecular weight is 190 g/mol. The van der Waals surface area contributed by atoms with Crippen LogP contribution in [0, 0.1) is 23.7 Å². The van der Waals surface area contributed by atoms with E-state index in [0.717, 1.165) is 0 Å². The molecule has 4 N–H and O–H groups in total. The fourth-order valence-corrected chi connectivity index (χ4v) is 2.43. The van der Waals surface area contributed by atoms with Crippen LogP contribution in [0.3, 0.4) is 0 Å². The van der Waals surface area contributed by atoms with Gasteiger partial charge in [0.2, 0.25) is 0 Å². The standard InChI is InChI=1S/C9H18O4/c10-2-6-1-7(3-11)9(5-13)8(6)4-12/h6-13H,1-5H2. The Bertz CT molecular complexity index is 135. The summed E-state index contributed by atoms with van der Waals surface area (Å²) >= 11 is 0. The molecule has 1 aliphatic rings. The molecule has 0 saturated heterocycles. The highest BCUT2D eigenvalue weighted by Gasteiger charge is 2.41. The first kappa shape index (κ1) is 10.9. The van der Waals surface area contributed by atoms with Crippen LogP contribution in [0.4, 0.5) is 0 Å².